The van der Waals surface area contributed by atoms with Gasteiger partial charge in [0.2, 0.25) is 0 Å². The Labute approximate surface area is 117 Å². The Bertz CT molecular complexity index is 669. The van der Waals surface area contributed by atoms with Crippen molar-refractivity contribution in [3.05, 3.63) is 76.3 Å². The number of hydrogen-bond acceptors (Lipinski definition) is 1. The highest BCUT2D eigenvalue weighted by Crippen LogP contribution is 2.36. The molecule has 0 amide bonds. The molecule has 0 N–H and O–H groups in total. The maximum absolute atomic E-state index is 6.45. The van der Waals surface area contributed by atoms with Crippen LogP contribution in [0.1, 0.15) is 18.1 Å². The summed E-state index contributed by atoms with van der Waals surface area (Å²) >= 11 is 6.45. The van der Waals surface area contributed by atoms with Crippen molar-refractivity contribution in [2.45, 2.75) is 6.92 Å². The summed E-state index contributed by atoms with van der Waals surface area (Å²) in [6, 6.07) is 17.9. The zero-order valence-corrected chi connectivity index (χ0v) is 11.3. The smallest absolute Gasteiger partial charge is 0.153 e. The summed E-state index contributed by atoms with van der Waals surface area (Å²) < 4.78 is 6.02. The lowest BCUT2D eigenvalue weighted by atomic mass is 10.1. The van der Waals surface area contributed by atoms with Crippen LogP contribution in [-0.4, -0.2) is 0 Å². The standard InChI is InChI=1S/C17H13ClO/c1-12-11-14-9-5-6-10-15(14)19-17(16(12)18)13-7-3-2-4-8-13/h2-11H,1H3. The summed E-state index contributed by atoms with van der Waals surface area (Å²) in [5.41, 5.74) is 3.03. The third-order valence-corrected chi connectivity index (χ3v) is 3.55. The van der Waals surface area contributed by atoms with E-state index in [1.807, 2.05) is 67.6 Å². The molecule has 0 unspecified atom stereocenters. The SMILES string of the molecule is CC1=Cc2ccccc2OC(c2ccccc2)=C1Cl. The van der Waals surface area contributed by atoms with Crippen LogP contribution in [0.2, 0.25) is 0 Å². The molecule has 2 heteroatoms. The number of ether oxygens (including phenoxy) is 1. The predicted octanol–water partition coefficient (Wildman–Crippen LogP) is 5.09. The number of rotatable bonds is 1. The van der Waals surface area contributed by atoms with Crippen molar-refractivity contribution in [1.29, 1.82) is 0 Å². The van der Waals surface area contributed by atoms with E-state index in [4.69, 9.17) is 16.3 Å². The lowest BCUT2D eigenvalue weighted by Gasteiger charge is -2.12. The molecule has 0 saturated heterocycles. The Balaban J connectivity index is 2.16. The molecule has 0 atom stereocenters. The molecule has 1 aliphatic heterocycles. The van der Waals surface area contributed by atoms with E-state index >= 15 is 0 Å². The second-order valence-corrected chi connectivity index (χ2v) is 4.85. The Hall–Kier alpha value is -1.99. The molecule has 1 aliphatic rings. The molecule has 1 heterocycles. The largest absolute Gasteiger partial charge is 0.455 e. The quantitative estimate of drug-likeness (QED) is 0.700. The van der Waals surface area contributed by atoms with Crippen LogP contribution in [0.3, 0.4) is 0 Å². The minimum Gasteiger partial charge on any atom is -0.455 e. The fraction of sp³-hybridized carbons (Fsp3) is 0.0588. The number of halogens is 1. The van der Waals surface area contributed by atoms with Crippen LogP contribution in [0.5, 0.6) is 5.75 Å². The van der Waals surface area contributed by atoms with E-state index in [0.29, 0.717) is 10.8 Å². The second kappa shape index (κ2) is 4.94. The Morgan fingerprint density at radius 1 is 0.895 bits per heavy atom. The lowest BCUT2D eigenvalue weighted by molar-refractivity contribution is 0.513. The number of hydrogen-bond donors (Lipinski definition) is 0. The van der Waals surface area contributed by atoms with Gasteiger partial charge in [-0.1, -0.05) is 60.1 Å². The first kappa shape index (κ1) is 12.1. The highest BCUT2D eigenvalue weighted by molar-refractivity contribution is 6.35. The molecule has 0 spiro atoms. The minimum atomic E-state index is 0.655. The summed E-state index contributed by atoms with van der Waals surface area (Å²) in [4.78, 5) is 0. The van der Waals surface area contributed by atoms with Gasteiger partial charge in [-0.05, 0) is 24.6 Å². The van der Waals surface area contributed by atoms with Gasteiger partial charge in [0.05, 0.1) is 5.03 Å². The van der Waals surface area contributed by atoms with Crippen molar-refractivity contribution in [3.8, 4) is 5.75 Å². The highest BCUT2D eigenvalue weighted by Gasteiger charge is 2.17. The third kappa shape index (κ3) is 2.29. The number of benzene rings is 2. The van der Waals surface area contributed by atoms with Gasteiger partial charge < -0.3 is 4.74 Å². The zero-order valence-electron chi connectivity index (χ0n) is 10.6. The molecule has 1 nitrogen and oxygen atoms in total. The lowest BCUT2D eigenvalue weighted by Crippen LogP contribution is -1.97. The summed E-state index contributed by atoms with van der Waals surface area (Å²) in [5, 5.41) is 0.655. The van der Waals surface area contributed by atoms with Gasteiger partial charge in [-0.2, -0.15) is 0 Å². The predicted molar refractivity (Wildman–Crippen MR) is 79.9 cm³/mol. The van der Waals surface area contributed by atoms with Gasteiger partial charge in [-0.15, -0.1) is 0 Å². The van der Waals surface area contributed by atoms with Crippen molar-refractivity contribution in [2.24, 2.45) is 0 Å². The molecular formula is C17H13ClO. The van der Waals surface area contributed by atoms with Gasteiger partial charge in [-0.25, -0.2) is 0 Å². The van der Waals surface area contributed by atoms with Crippen LogP contribution in [0, 0.1) is 0 Å². The normalized spacial score (nSPS) is 14.3. The van der Waals surface area contributed by atoms with Gasteiger partial charge in [-0.3, -0.25) is 0 Å². The van der Waals surface area contributed by atoms with Crippen LogP contribution in [-0.2, 0) is 0 Å². The second-order valence-electron chi connectivity index (χ2n) is 4.48. The molecule has 0 saturated carbocycles. The topological polar surface area (TPSA) is 9.23 Å². The molecule has 0 aliphatic carbocycles. The van der Waals surface area contributed by atoms with Crippen molar-refractivity contribution < 1.29 is 4.74 Å². The van der Waals surface area contributed by atoms with Crippen molar-refractivity contribution in [3.63, 3.8) is 0 Å². The summed E-state index contributed by atoms with van der Waals surface area (Å²) in [6.45, 7) is 2.00. The van der Waals surface area contributed by atoms with Crippen molar-refractivity contribution in [2.75, 3.05) is 0 Å². The molecule has 0 radical (unpaired) electrons. The van der Waals surface area contributed by atoms with Gasteiger partial charge in [0, 0.05) is 11.1 Å². The number of allylic oxidation sites excluding steroid dienone is 2. The van der Waals surface area contributed by atoms with Gasteiger partial charge >= 0.3 is 0 Å². The van der Waals surface area contributed by atoms with E-state index in [-0.39, 0.29) is 0 Å². The molecular weight excluding hydrogens is 256 g/mol. The van der Waals surface area contributed by atoms with E-state index in [9.17, 15) is 0 Å². The molecule has 0 bridgehead atoms. The maximum atomic E-state index is 6.45. The average molecular weight is 269 g/mol. The van der Waals surface area contributed by atoms with E-state index in [1.165, 1.54) is 0 Å². The maximum Gasteiger partial charge on any atom is 0.153 e. The molecule has 0 fully saturated rings. The third-order valence-electron chi connectivity index (χ3n) is 3.08. The zero-order chi connectivity index (χ0) is 13.2. The Morgan fingerprint density at radius 3 is 2.37 bits per heavy atom. The van der Waals surface area contributed by atoms with Crippen LogP contribution in [0.25, 0.3) is 11.8 Å². The van der Waals surface area contributed by atoms with Gasteiger partial charge in [0.1, 0.15) is 5.75 Å². The van der Waals surface area contributed by atoms with Crippen molar-refractivity contribution in [1.82, 2.24) is 0 Å². The Kier molecular flexibility index (Phi) is 3.14. The first-order chi connectivity index (χ1) is 9.25. The average Bonchev–Trinajstić information content (AvgIpc) is 2.58. The molecule has 0 aromatic heterocycles. The summed E-state index contributed by atoms with van der Waals surface area (Å²) in [7, 11) is 0. The number of fused-ring (bicyclic) bond motifs is 1. The monoisotopic (exact) mass is 268 g/mol. The van der Waals surface area contributed by atoms with Gasteiger partial charge in [0.25, 0.3) is 0 Å². The molecule has 19 heavy (non-hydrogen) atoms. The summed E-state index contributed by atoms with van der Waals surface area (Å²) in [5.74, 6) is 1.54. The molecule has 3 rings (SSSR count). The minimum absolute atomic E-state index is 0.655. The van der Waals surface area contributed by atoms with Crippen LogP contribution < -0.4 is 4.74 Å². The fourth-order valence-corrected chi connectivity index (χ4v) is 2.30. The van der Waals surface area contributed by atoms with Crippen LogP contribution in [0.15, 0.2) is 65.2 Å². The van der Waals surface area contributed by atoms with E-state index < -0.39 is 0 Å². The first-order valence-electron chi connectivity index (χ1n) is 6.16. The molecule has 94 valence electrons. The molecule has 2 aromatic rings. The van der Waals surface area contributed by atoms with E-state index in [1.54, 1.807) is 0 Å². The van der Waals surface area contributed by atoms with Gasteiger partial charge in [0.15, 0.2) is 5.76 Å². The van der Waals surface area contributed by atoms with Crippen LogP contribution >= 0.6 is 11.6 Å². The van der Waals surface area contributed by atoms with E-state index in [0.717, 1.165) is 22.4 Å². The number of para-hydroxylation sites is 1. The Morgan fingerprint density at radius 2 is 1.58 bits per heavy atom. The summed E-state index contributed by atoms with van der Waals surface area (Å²) in [6.07, 6.45) is 2.05. The molecule has 2 aromatic carbocycles. The van der Waals surface area contributed by atoms with E-state index in [2.05, 4.69) is 0 Å². The van der Waals surface area contributed by atoms with Crippen LogP contribution in [0.4, 0.5) is 0 Å². The fourth-order valence-electron chi connectivity index (χ4n) is 2.10. The van der Waals surface area contributed by atoms with Crippen molar-refractivity contribution >= 4 is 23.4 Å². The highest BCUT2D eigenvalue weighted by atomic mass is 35.5. The first-order valence-corrected chi connectivity index (χ1v) is 6.54.